The third-order valence-corrected chi connectivity index (χ3v) is 5.62. The Bertz CT molecular complexity index is 782. The fourth-order valence-corrected chi connectivity index (χ4v) is 3.72. The normalized spacial score (nSPS) is 16.8. The first kappa shape index (κ1) is 20.3. The number of sulfone groups is 1. The van der Waals surface area contributed by atoms with Crippen LogP contribution in [0.15, 0.2) is 23.1 Å². The number of carbonyl (C=O) groups is 1. The number of carbonyl (C=O) groups excluding carboxylic acids is 1. The number of non-ortho nitro benzene ring substituents is 1. The lowest BCUT2D eigenvalue weighted by atomic mass is 9.79. The van der Waals surface area contributed by atoms with Gasteiger partial charge in [-0.25, -0.2) is 8.42 Å². The molecule has 1 aliphatic heterocycles. The SMILES string of the molecule is COCC1(CNC(=O)c2cc([N+](=O)[O-])cc(S(C)(=O)=O)c2)CCNCC1. The van der Waals surface area contributed by atoms with Crippen molar-refractivity contribution in [3.05, 3.63) is 33.9 Å². The summed E-state index contributed by atoms with van der Waals surface area (Å²) in [6.45, 7) is 2.46. The van der Waals surface area contributed by atoms with Crippen LogP contribution < -0.4 is 10.6 Å². The maximum absolute atomic E-state index is 12.5. The lowest BCUT2D eigenvalue weighted by Crippen LogP contribution is -2.47. The van der Waals surface area contributed by atoms with Crippen LogP contribution in [0.25, 0.3) is 0 Å². The highest BCUT2D eigenvalue weighted by Gasteiger charge is 2.32. The highest BCUT2D eigenvalue weighted by molar-refractivity contribution is 7.90. The summed E-state index contributed by atoms with van der Waals surface area (Å²) in [6.07, 6.45) is 2.59. The maximum atomic E-state index is 12.5. The Labute approximate surface area is 152 Å². The molecule has 1 aromatic carbocycles. The average Bonchev–Trinajstić information content (AvgIpc) is 2.59. The third kappa shape index (κ3) is 4.99. The standard InChI is InChI=1S/C16H23N3O6S/c1-25-11-16(3-5-17-6-4-16)10-18-15(20)12-7-13(19(21)22)9-14(8-12)26(2,23)24/h7-9,17H,3-6,10-11H2,1-2H3,(H,18,20). The summed E-state index contributed by atoms with van der Waals surface area (Å²) in [5, 5.41) is 17.1. The largest absolute Gasteiger partial charge is 0.384 e. The topological polar surface area (TPSA) is 128 Å². The van der Waals surface area contributed by atoms with Gasteiger partial charge in [0.05, 0.1) is 16.4 Å². The molecule has 2 rings (SSSR count). The number of hydrogen-bond donors (Lipinski definition) is 2. The molecule has 0 bridgehead atoms. The molecule has 10 heteroatoms. The number of benzene rings is 1. The fraction of sp³-hybridized carbons (Fsp3) is 0.562. The summed E-state index contributed by atoms with van der Waals surface area (Å²) >= 11 is 0. The number of nitro benzene ring substituents is 1. The molecule has 0 saturated carbocycles. The number of ether oxygens (including phenoxy) is 1. The summed E-state index contributed by atoms with van der Waals surface area (Å²) in [7, 11) is -2.08. The quantitative estimate of drug-likeness (QED) is 0.523. The minimum absolute atomic E-state index is 0.0545. The maximum Gasteiger partial charge on any atom is 0.271 e. The van der Waals surface area contributed by atoms with E-state index in [0.717, 1.165) is 50.4 Å². The van der Waals surface area contributed by atoms with Gasteiger partial charge in [-0.2, -0.15) is 0 Å². The Morgan fingerprint density at radius 3 is 2.54 bits per heavy atom. The highest BCUT2D eigenvalue weighted by Crippen LogP contribution is 2.28. The van der Waals surface area contributed by atoms with E-state index >= 15 is 0 Å². The van der Waals surface area contributed by atoms with E-state index in [0.29, 0.717) is 13.2 Å². The first-order valence-corrected chi connectivity index (χ1v) is 10.0. The Kier molecular flexibility index (Phi) is 6.32. The number of methoxy groups -OCH3 is 1. The Balaban J connectivity index is 2.23. The smallest absolute Gasteiger partial charge is 0.271 e. The molecule has 1 saturated heterocycles. The third-order valence-electron chi connectivity index (χ3n) is 4.53. The zero-order valence-corrected chi connectivity index (χ0v) is 15.6. The number of hydrogen-bond acceptors (Lipinski definition) is 7. The van der Waals surface area contributed by atoms with Crippen LogP contribution >= 0.6 is 0 Å². The number of rotatable bonds is 7. The molecule has 0 aromatic heterocycles. The fourth-order valence-electron chi connectivity index (χ4n) is 3.04. The summed E-state index contributed by atoms with van der Waals surface area (Å²) in [5.41, 5.74) is -0.705. The van der Waals surface area contributed by atoms with Gasteiger partial charge in [-0.05, 0) is 32.0 Å². The van der Waals surface area contributed by atoms with Gasteiger partial charge < -0.3 is 15.4 Å². The van der Waals surface area contributed by atoms with Crippen LogP contribution in [-0.2, 0) is 14.6 Å². The van der Waals surface area contributed by atoms with Gasteiger partial charge in [-0.1, -0.05) is 0 Å². The molecule has 144 valence electrons. The van der Waals surface area contributed by atoms with E-state index in [-0.39, 0.29) is 15.9 Å². The van der Waals surface area contributed by atoms with Gasteiger partial charge >= 0.3 is 0 Å². The van der Waals surface area contributed by atoms with Crippen molar-refractivity contribution < 1.29 is 22.9 Å². The molecule has 0 aliphatic carbocycles. The number of nitro groups is 1. The lowest BCUT2D eigenvalue weighted by molar-refractivity contribution is -0.385. The van der Waals surface area contributed by atoms with Crippen molar-refractivity contribution in [3.63, 3.8) is 0 Å². The van der Waals surface area contributed by atoms with Crippen LogP contribution in [0, 0.1) is 15.5 Å². The molecule has 1 amide bonds. The summed E-state index contributed by atoms with van der Waals surface area (Å²) in [5.74, 6) is -0.549. The van der Waals surface area contributed by atoms with Crippen LogP contribution in [0.4, 0.5) is 5.69 Å². The second-order valence-corrected chi connectivity index (χ2v) is 8.63. The minimum Gasteiger partial charge on any atom is -0.384 e. The molecule has 9 nitrogen and oxygen atoms in total. The molecular weight excluding hydrogens is 362 g/mol. The van der Waals surface area contributed by atoms with Crippen LogP contribution in [0.1, 0.15) is 23.2 Å². The molecule has 0 spiro atoms. The van der Waals surface area contributed by atoms with Crippen LogP contribution in [0.3, 0.4) is 0 Å². The predicted octanol–water partition coefficient (Wildman–Crippen LogP) is 0.744. The molecule has 1 aliphatic rings. The Morgan fingerprint density at radius 1 is 1.35 bits per heavy atom. The zero-order chi connectivity index (χ0) is 19.4. The van der Waals surface area contributed by atoms with E-state index in [9.17, 15) is 23.3 Å². The summed E-state index contributed by atoms with van der Waals surface area (Å²) in [6, 6.07) is 3.18. The van der Waals surface area contributed by atoms with E-state index < -0.39 is 26.4 Å². The van der Waals surface area contributed by atoms with Crippen molar-refractivity contribution in [2.24, 2.45) is 5.41 Å². The predicted molar refractivity (Wildman–Crippen MR) is 95.0 cm³/mol. The van der Waals surface area contributed by atoms with E-state index in [2.05, 4.69) is 10.6 Å². The summed E-state index contributed by atoms with van der Waals surface area (Å²) in [4.78, 5) is 22.6. The summed E-state index contributed by atoms with van der Waals surface area (Å²) < 4.78 is 28.8. The highest BCUT2D eigenvalue weighted by atomic mass is 32.2. The monoisotopic (exact) mass is 385 g/mol. The van der Waals surface area contributed by atoms with E-state index in [1.54, 1.807) is 7.11 Å². The van der Waals surface area contributed by atoms with Gasteiger partial charge in [-0.15, -0.1) is 0 Å². The van der Waals surface area contributed by atoms with Crippen LogP contribution in [-0.4, -0.2) is 58.9 Å². The average molecular weight is 385 g/mol. The number of nitrogens with one attached hydrogen (secondary N) is 2. The van der Waals surface area contributed by atoms with Crippen molar-refractivity contribution >= 4 is 21.4 Å². The molecule has 26 heavy (non-hydrogen) atoms. The molecule has 0 radical (unpaired) electrons. The van der Waals surface area contributed by atoms with Crippen LogP contribution in [0.5, 0.6) is 0 Å². The zero-order valence-electron chi connectivity index (χ0n) is 14.8. The molecule has 1 fully saturated rings. The number of amides is 1. The van der Waals surface area contributed by atoms with Gasteiger partial charge in [0.2, 0.25) is 0 Å². The van der Waals surface area contributed by atoms with Crippen molar-refractivity contribution in [3.8, 4) is 0 Å². The molecule has 1 aromatic rings. The van der Waals surface area contributed by atoms with Gasteiger partial charge in [0.15, 0.2) is 9.84 Å². The van der Waals surface area contributed by atoms with E-state index in [4.69, 9.17) is 4.74 Å². The first-order valence-electron chi connectivity index (χ1n) is 8.14. The van der Waals surface area contributed by atoms with Gasteiger partial charge in [0, 0.05) is 43.0 Å². The Hall–Kier alpha value is -2.04. The van der Waals surface area contributed by atoms with E-state index in [1.165, 1.54) is 0 Å². The van der Waals surface area contributed by atoms with E-state index in [1.807, 2.05) is 0 Å². The second kappa shape index (κ2) is 8.11. The number of nitrogens with zero attached hydrogens (tertiary/aromatic N) is 1. The van der Waals surface area contributed by atoms with Crippen molar-refractivity contribution in [1.29, 1.82) is 0 Å². The van der Waals surface area contributed by atoms with Crippen molar-refractivity contribution in [2.45, 2.75) is 17.7 Å². The molecule has 1 heterocycles. The molecule has 0 atom stereocenters. The minimum atomic E-state index is -3.68. The first-order chi connectivity index (χ1) is 12.2. The van der Waals surface area contributed by atoms with Crippen molar-refractivity contribution in [2.75, 3.05) is 39.6 Å². The lowest BCUT2D eigenvalue weighted by Gasteiger charge is -2.37. The molecule has 2 N–H and O–H groups in total. The van der Waals surface area contributed by atoms with Gasteiger partial charge in [0.1, 0.15) is 0 Å². The van der Waals surface area contributed by atoms with Crippen LogP contribution in [0.2, 0.25) is 0 Å². The second-order valence-electron chi connectivity index (χ2n) is 6.61. The molecular formula is C16H23N3O6S. The van der Waals surface area contributed by atoms with Crippen molar-refractivity contribution in [1.82, 2.24) is 10.6 Å². The Morgan fingerprint density at radius 2 is 2.00 bits per heavy atom. The van der Waals surface area contributed by atoms with Gasteiger partial charge in [0.25, 0.3) is 11.6 Å². The molecule has 0 unspecified atom stereocenters. The van der Waals surface area contributed by atoms with Gasteiger partial charge in [-0.3, -0.25) is 14.9 Å². The number of piperidine rings is 1.